The molecule has 0 amide bonds. The van der Waals surface area contributed by atoms with E-state index in [9.17, 15) is 22.8 Å². The van der Waals surface area contributed by atoms with Crippen molar-refractivity contribution in [3.8, 4) is 11.1 Å². The van der Waals surface area contributed by atoms with Gasteiger partial charge < -0.3 is 5.21 Å². The molecule has 2 rings (SSSR count). The summed E-state index contributed by atoms with van der Waals surface area (Å²) in [4.78, 5) is 0. The maximum Gasteiger partial charge on any atom is 0.416 e. The number of hydrogen-bond donors (Lipinski definition) is 0. The van der Waals surface area contributed by atoms with Gasteiger partial charge in [-0.25, -0.2) is 4.39 Å². The Hall–Kier alpha value is -2.11. The predicted molar refractivity (Wildman–Crippen MR) is 55.8 cm³/mol. The third kappa shape index (κ3) is 2.42. The third-order valence-electron chi connectivity index (χ3n) is 2.41. The van der Waals surface area contributed by atoms with Crippen LogP contribution >= 0.6 is 0 Å². The number of hydrogen-bond acceptors (Lipinski definition) is 1. The monoisotopic (exact) mass is 257 g/mol. The van der Waals surface area contributed by atoms with Gasteiger partial charge in [0.1, 0.15) is 5.82 Å². The molecule has 2 aromatic rings. The molecule has 0 bridgehead atoms. The second-order valence-electron chi connectivity index (χ2n) is 3.64. The summed E-state index contributed by atoms with van der Waals surface area (Å²) in [6, 6.07) is 4.95. The van der Waals surface area contributed by atoms with E-state index in [2.05, 4.69) is 0 Å². The maximum absolute atomic E-state index is 13.6. The first-order valence-electron chi connectivity index (χ1n) is 4.94. The van der Waals surface area contributed by atoms with Gasteiger partial charge in [0.25, 0.3) is 0 Å². The zero-order valence-corrected chi connectivity index (χ0v) is 8.91. The molecule has 18 heavy (non-hydrogen) atoms. The molecule has 0 unspecified atom stereocenters. The van der Waals surface area contributed by atoms with E-state index in [0.717, 1.165) is 24.5 Å². The van der Waals surface area contributed by atoms with Crippen molar-refractivity contribution in [1.29, 1.82) is 0 Å². The molecular formula is C12H7F4NO. The van der Waals surface area contributed by atoms with Crippen LogP contribution in [0.15, 0.2) is 42.7 Å². The lowest BCUT2D eigenvalue weighted by Crippen LogP contribution is -2.23. The summed E-state index contributed by atoms with van der Waals surface area (Å²) in [6.07, 6.45) is -2.28. The lowest BCUT2D eigenvalue weighted by Gasteiger charge is -2.09. The summed E-state index contributed by atoms with van der Waals surface area (Å²) in [6.45, 7) is 0. The molecule has 0 saturated heterocycles. The summed E-state index contributed by atoms with van der Waals surface area (Å²) < 4.78 is 51.1. The lowest BCUT2D eigenvalue weighted by molar-refractivity contribution is -0.605. The van der Waals surface area contributed by atoms with Crippen molar-refractivity contribution in [1.82, 2.24) is 0 Å². The lowest BCUT2D eigenvalue weighted by atomic mass is 10.0. The highest BCUT2D eigenvalue weighted by atomic mass is 19.4. The van der Waals surface area contributed by atoms with Crippen molar-refractivity contribution >= 4 is 0 Å². The summed E-state index contributed by atoms with van der Waals surface area (Å²) in [7, 11) is 0. The zero-order chi connectivity index (χ0) is 13.3. The average molecular weight is 257 g/mol. The van der Waals surface area contributed by atoms with Crippen LogP contribution in [-0.2, 0) is 6.18 Å². The van der Waals surface area contributed by atoms with Gasteiger partial charge >= 0.3 is 6.18 Å². The second kappa shape index (κ2) is 4.29. The van der Waals surface area contributed by atoms with Gasteiger partial charge in [0, 0.05) is 17.7 Å². The molecule has 0 aliphatic rings. The van der Waals surface area contributed by atoms with Crippen LogP contribution in [0, 0.1) is 11.0 Å². The standard InChI is InChI=1S/C12H7F4NO/c13-11-7-9(12(14,15)16)1-2-10(11)8-3-5-17(18)6-4-8/h1-7H. The van der Waals surface area contributed by atoms with Crippen LogP contribution in [0.3, 0.4) is 0 Å². The highest BCUT2D eigenvalue weighted by molar-refractivity contribution is 5.63. The van der Waals surface area contributed by atoms with Crippen LogP contribution in [0.5, 0.6) is 0 Å². The smallest absolute Gasteiger partial charge is 0.416 e. The van der Waals surface area contributed by atoms with Gasteiger partial charge in [-0.3, -0.25) is 0 Å². The topological polar surface area (TPSA) is 26.9 Å². The summed E-state index contributed by atoms with van der Waals surface area (Å²) >= 11 is 0. The van der Waals surface area contributed by atoms with Crippen LogP contribution in [0.4, 0.5) is 17.6 Å². The van der Waals surface area contributed by atoms with E-state index in [4.69, 9.17) is 0 Å². The molecule has 6 heteroatoms. The fraction of sp³-hybridized carbons (Fsp3) is 0.0833. The van der Waals surface area contributed by atoms with Crippen LogP contribution in [0.1, 0.15) is 5.56 Å². The molecule has 1 heterocycles. The molecule has 0 fully saturated rings. The first-order chi connectivity index (χ1) is 8.38. The third-order valence-corrected chi connectivity index (χ3v) is 2.41. The van der Waals surface area contributed by atoms with Gasteiger partial charge in [-0.05, 0) is 17.7 Å². The van der Waals surface area contributed by atoms with Crippen LogP contribution < -0.4 is 4.73 Å². The number of aromatic nitrogens is 1. The molecular weight excluding hydrogens is 250 g/mol. The number of benzene rings is 1. The molecule has 1 aromatic heterocycles. The van der Waals surface area contributed by atoms with Crippen molar-refractivity contribution in [3.05, 3.63) is 59.3 Å². The first-order valence-corrected chi connectivity index (χ1v) is 4.94. The number of rotatable bonds is 1. The SMILES string of the molecule is [O-][n+]1ccc(-c2ccc(C(F)(F)F)cc2F)cc1. The molecule has 94 valence electrons. The van der Waals surface area contributed by atoms with Gasteiger partial charge in [-0.15, -0.1) is 0 Å². The van der Waals surface area contributed by atoms with Gasteiger partial charge in [-0.2, -0.15) is 17.9 Å². The van der Waals surface area contributed by atoms with Gasteiger partial charge in [0.05, 0.1) is 5.56 Å². The predicted octanol–water partition coefficient (Wildman–Crippen LogP) is 3.14. The molecule has 2 nitrogen and oxygen atoms in total. The molecule has 0 spiro atoms. The number of alkyl halides is 3. The van der Waals surface area contributed by atoms with E-state index in [1.165, 1.54) is 12.1 Å². The maximum atomic E-state index is 13.6. The molecule has 0 aliphatic heterocycles. The van der Waals surface area contributed by atoms with E-state index >= 15 is 0 Å². The Morgan fingerprint density at radius 2 is 1.61 bits per heavy atom. The Kier molecular flexibility index (Phi) is 2.94. The minimum atomic E-state index is -4.58. The van der Waals surface area contributed by atoms with Gasteiger partial charge in [-0.1, -0.05) is 6.07 Å². The molecule has 0 atom stereocenters. The molecule has 0 saturated carbocycles. The minimum Gasteiger partial charge on any atom is -0.619 e. The van der Waals surface area contributed by atoms with Crippen molar-refractivity contribution < 1.29 is 22.3 Å². The molecule has 0 N–H and O–H groups in total. The van der Waals surface area contributed by atoms with E-state index < -0.39 is 17.6 Å². The fourth-order valence-electron chi connectivity index (χ4n) is 1.52. The van der Waals surface area contributed by atoms with E-state index in [0.29, 0.717) is 16.4 Å². The highest BCUT2D eigenvalue weighted by Gasteiger charge is 2.31. The Morgan fingerprint density at radius 1 is 1.00 bits per heavy atom. The Bertz CT molecular complexity index is 563. The fourth-order valence-corrected chi connectivity index (χ4v) is 1.52. The largest absolute Gasteiger partial charge is 0.619 e. The Balaban J connectivity index is 2.45. The van der Waals surface area contributed by atoms with E-state index in [1.807, 2.05) is 0 Å². The first kappa shape index (κ1) is 12.3. The number of pyridine rings is 1. The number of halogens is 4. The van der Waals surface area contributed by atoms with E-state index in [1.54, 1.807) is 0 Å². The van der Waals surface area contributed by atoms with Gasteiger partial charge in [0.2, 0.25) is 0 Å². The Morgan fingerprint density at radius 3 is 2.11 bits per heavy atom. The summed E-state index contributed by atoms with van der Waals surface area (Å²) in [5.41, 5.74) is -0.685. The van der Waals surface area contributed by atoms with Crippen molar-refractivity contribution in [2.45, 2.75) is 6.18 Å². The number of nitrogens with zero attached hydrogens (tertiary/aromatic N) is 1. The quantitative estimate of drug-likeness (QED) is 0.438. The summed E-state index contributed by atoms with van der Waals surface area (Å²) in [5.74, 6) is -0.978. The molecule has 0 aliphatic carbocycles. The molecule has 0 radical (unpaired) electrons. The van der Waals surface area contributed by atoms with E-state index in [-0.39, 0.29) is 5.56 Å². The average Bonchev–Trinajstić information content (AvgIpc) is 2.29. The van der Waals surface area contributed by atoms with Crippen molar-refractivity contribution in [2.75, 3.05) is 0 Å². The Labute approximate surface area is 99.7 Å². The minimum absolute atomic E-state index is 0.0172. The normalized spacial score (nSPS) is 11.6. The molecule has 1 aromatic carbocycles. The van der Waals surface area contributed by atoms with Crippen molar-refractivity contribution in [2.24, 2.45) is 0 Å². The van der Waals surface area contributed by atoms with Crippen LogP contribution in [0.25, 0.3) is 11.1 Å². The van der Waals surface area contributed by atoms with Crippen LogP contribution in [-0.4, -0.2) is 0 Å². The highest BCUT2D eigenvalue weighted by Crippen LogP contribution is 2.32. The second-order valence-corrected chi connectivity index (χ2v) is 3.64. The summed E-state index contributed by atoms with van der Waals surface area (Å²) in [5, 5.41) is 10.8. The van der Waals surface area contributed by atoms with Gasteiger partial charge in [0.15, 0.2) is 12.4 Å². The zero-order valence-electron chi connectivity index (χ0n) is 8.91. The van der Waals surface area contributed by atoms with Crippen LogP contribution in [0.2, 0.25) is 0 Å². The van der Waals surface area contributed by atoms with Crippen molar-refractivity contribution in [3.63, 3.8) is 0 Å².